The number of benzene rings is 2. The second-order valence-electron chi connectivity index (χ2n) is 6.27. The van der Waals surface area contributed by atoms with Gasteiger partial charge in [-0.25, -0.2) is 8.42 Å². The summed E-state index contributed by atoms with van der Waals surface area (Å²) in [6, 6.07) is 13.5. The molecule has 0 atom stereocenters. The van der Waals surface area contributed by atoms with Crippen LogP contribution in [0.1, 0.15) is 42.6 Å². The molecule has 140 valence electrons. The van der Waals surface area contributed by atoms with Crippen molar-refractivity contribution in [1.82, 2.24) is 5.32 Å². The first kappa shape index (κ1) is 20.0. The molecule has 0 heterocycles. The van der Waals surface area contributed by atoms with Crippen LogP contribution in [0.2, 0.25) is 0 Å². The van der Waals surface area contributed by atoms with E-state index in [0.717, 1.165) is 18.4 Å². The minimum atomic E-state index is -3.64. The number of sulfonamides is 1. The molecule has 0 radical (unpaired) electrons. The van der Waals surface area contributed by atoms with Gasteiger partial charge < -0.3 is 5.32 Å². The number of carbonyl (C=O) groups is 1. The van der Waals surface area contributed by atoms with Crippen molar-refractivity contribution in [3.63, 3.8) is 0 Å². The van der Waals surface area contributed by atoms with E-state index in [9.17, 15) is 13.2 Å². The lowest BCUT2D eigenvalue weighted by molar-refractivity contribution is 0.0935. The van der Waals surface area contributed by atoms with Gasteiger partial charge in [-0.05, 0) is 55.7 Å². The zero-order valence-corrected chi connectivity index (χ0v) is 16.5. The number of aryl methyl sites for hydroxylation is 1. The zero-order chi connectivity index (χ0) is 19.3. The molecule has 2 rings (SSSR count). The van der Waals surface area contributed by atoms with E-state index < -0.39 is 10.0 Å². The van der Waals surface area contributed by atoms with Crippen LogP contribution in [0.25, 0.3) is 0 Å². The smallest absolute Gasteiger partial charge is 0.264 e. The van der Waals surface area contributed by atoms with Crippen LogP contribution in [0.15, 0.2) is 53.4 Å². The Morgan fingerprint density at radius 3 is 2.23 bits per heavy atom. The highest BCUT2D eigenvalue weighted by Gasteiger charge is 2.22. The lowest BCUT2D eigenvalue weighted by atomic mass is 10.1. The van der Waals surface area contributed by atoms with Crippen LogP contribution < -0.4 is 9.62 Å². The number of nitrogens with one attached hydrogen (secondary N) is 1. The number of carbonyl (C=O) groups excluding carboxylic acids is 1. The van der Waals surface area contributed by atoms with Gasteiger partial charge in [0.05, 0.1) is 10.6 Å². The van der Waals surface area contributed by atoms with Gasteiger partial charge in [-0.2, -0.15) is 0 Å². The summed E-state index contributed by atoms with van der Waals surface area (Å²) in [6.45, 7) is 5.87. The van der Waals surface area contributed by atoms with Gasteiger partial charge >= 0.3 is 0 Å². The summed E-state index contributed by atoms with van der Waals surface area (Å²) in [5, 5.41) is 2.99. The molecular weight excluding hydrogens is 348 g/mol. The molecule has 0 fully saturated rings. The molecule has 26 heavy (non-hydrogen) atoms. The average Bonchev–Trinajstić information content (AvgIpc) is 2.65. The van der Waals surface area contributed by atoms with Gasteiger partial charge in [0, 0.05) is 18.7 Å². The van der Waals surface area contributed by atoms with E-state index in [0.29, 0.717) is 11.3 Å². The van der Waals surface area contributed by atoms with Gasteiger partial charge in [0.2, 0.25) is 0 Å². The topological polar surface area (TPSA) is 66.5 Å². The maximum Gasteiger partial charge on any atom is 0.264 e. The fourth-order valence-electron chi connectivity index (χ4n) is 2.79. The minimum absolute atomic E-state index is 0.137. The first-order valence-corrected chi connectivity index (χ1v) is 10.2. The molecule has 1 amide bonds. The highest BCUT2D eigenvalue weighted by atomic mass is 32.2. The monoisotopic (exact) mass is 374 g/mol. The zero-order valence-electron chi connectivity index (χ0n) is 15.7. The van der Waals surface area contributed by atoms with E-state index in [4.69, 9.17) is 0 Å². The maximum atomic E-state index is 12.8. The second kappa shape index (κ2) is 8.36. The number of anilines is 1. The van der Waals surface area contributed by atoms with Crippen molar-refractivity contribution in [2.75, 3.05) is 11.4 Å². The molecule has 0 aliphatic carbocycles. The largest absolute Gasteiger partial charge is 0.349 e. The second-order valence-corrected chi connectivity index (χ2v) is 8.24. The summed E-state index contributed by atoms with van der Waals surface area (Å²) >= 11 is 0. The number of hydrogen-bond acceptors (Lipinski definition) is 3. The van der Waals surface area contributed by atoms with E-state index in [2.05, 4.69) is 5.32 Å². The molecule has 0 bridgehead atoms. The molecule has 2 aromatic rings. The van der Waals surface area contributed by atoms with Crippen molar-refractivity contribution >= 4 is 21.6 Å². The SMILES string of the molecule is CCC(CC)NC(=O)c1ccc(N(C)S(=O)(=O)c2ccccc2)c(C)c1. The van der Waals surface area contributed by atoms with Crippen LogP contribution in [0, 0.1) is 6.92 Å². The van der Waals surface area contributed by atoms with Gasteiger partial charge in [0.25, 0.3) is 15.9 Å². The Labute approximate surface area is 156 Å². The third kappa shape index (κ3) is 4.25. The molecule has 5 nitrogen and oxygen atoms in total. The lowest BCUT2D eigenvalue weighted by Crippen LogP contribution is -2.34. The Bertz CT molecular complexity index is 860. The highest BCUT2D eigenvalue weighted by molar-refractivity contribution is 7.92. The molecular formula is C20H26N2O3S. The number of rotatable bonds is 7. The average molecular weight is 375 g/mol. The summed E-state index contributed by atoms with van der Waals surface area (Å²) in [5.74, 6) is -0.137. The third-order valence-electron chi connectivity index (χ3n) is 4.52. The molecule has 0 aromatic heterocycles. The van der Waals surface area contributed by atoms with E-state index in [1.54, 1.807) is 55.5 Å². The summed E-state index contributed by atoms with van der Waals surface area (Å²) in [6.07, 6.45) is 1.74. The van der Waals surface area contributed by atoms with E-state index in [1.165, 1.54) is 11.4 Å². The molecule has 1 N–H and O–H groups in total. The first-order valence-electron chi connectivity index (χ1n) is 8.76. The maximum absolute atomic E-state index is 12.8. The molecule has 0 aliphatic rings. The van der Waals surface area contributed by atoms with Crippen molar-refractivity contribution in [3.05, 3.63) is 59.7 Å². The van der Waals surface area contributed by atoms with Crippen molar-refractivity contribution in [3.8, 4) is 0 Å². The lowest BCUT2D eigenvalue weighted by Gasteiger charge is -2.22. The van der Waals surface area contributed by atoms with Crippen LogP contribution in [0.3, 0.4) is 0 Å². The van der Waals surface area contributed by atoms with Crippen molar-refractivity contribution < 1.29 is 13.2 Å². The van der Waals surface area contributed by atoms with Gasteiger partial charge in [-0.1, -0.05) is 32.0 Å². The summed E-state index contributed by atoms with van der Waals surface area (Å²) in [5.41, 5.74) is 1.81. The van der Waals surface area contributed by atoms with Crippen molar-refractivity contribution in [2.24, 2.45) is 0 Å². The number of nitrogens with zero attached hydrogens (tertiary/aromatic N) is 1. The minimum Gasteiger partial charge on any atom is -0.349 e. The standard InChI is InChI=1S/C20H26N2O3S/c1-5-17(6-2)21-20(23)16-12-13-19(15(3)14-16)22(4)26(24,25)18-10-8-7-9-11-18/h7-14,17H,5-6H2,1-4H3,(H,21,23). The van der Waals surface area contributed by atoms with Crippen LogP contribution >= 0.6 is 0 Å². The molecule has 6 heteroatoms. The van der Waals surface area contributed by atoms with E-state index >= 15 is 0 Å². The van der Waals surface area contributed by atoms with E-state index in [1.807, 2.05) is 13.8 Å². The molecule has 0 spiro atoms. The van der Waals surface area contributed by atoms with E-state index in [-0.39, 0.29) is 16.8 Å². The Kier molecular flexibility index (Phi) is 6.42. The summed E-state index contributed by atoms with van der Waals surface area (Å²) in [7, 11) is -2.12. The fourth-order valence-corrected chi connectivity index (χ4v) is 4.07. The predicted octanol–water partition coefficient (Wildman–Crippen LogP) is 3.74. The highest BCUT2D eigenvalue weighted by Crippen LogP contribution is 2.26. The van der Waals surface area contributed by atoms with Crippen molar-refractivity contribution in [1.29, 1.82) is 0 Å². The van der Waals surface area contributed by atoms with Gasteiger partial charge in [0.1, 0.15) is 0 Å². The first-order chi connectivity index (χ1) is 12.3. The van der Waals surface area contributed by atoms with Gasteiger partial charge in [-0.3, -0.25) is 9.10 Å². The molecule has 0 unspecified atom stereocenters. The van der Waals surface area contributed by atoms with Crippen molar-refractivity contribution in [2.45, 2.75) is 44.6 Å². The quantitative estimate of drug-likeness (QED) is 0.803. The van der Waals surface area contributed by atoms with Gasteiger partial charge in [-0.15, -0.1) is 0 Å². The Morgan fingerprint density at radius 2 is 1.69 bits per heavy atom. The summed E-state index contributed by atoms with van der Waals surface area (Å²) in [4.78, 5) is 12.6. The molecule has 0 saturated heterocycles. The fraction of sp³-hybridized carbons (Fsp3) is 0.350. The molecule has 2 aromatic carbocycles. The summed E-state index contributed by atoms with van der Waals surface area (Å²) < 4.78 is 26.8. The van der Waals surface area contributed by atoms with Gasteiger partial charge in [0.15, 0.2) is 0 Å². The Hall–Kier alpha value is -2.34. The normalized spacial score (nSPS) is 11.4. The third-order valence-corrected chi connectivity index (χ3v) is 6.31. The predicted molar refractivity (Wildman–Crippen MR) is 105 cm³/mol. The Balaban J connectivity index is 2.28. The van der Waals surface area contributed by atoms with Crippen LogP contribution in [-0.2, 0) is 10.0 Å². The molecule has 0 saturated carbocycles. The van der Waals surface area contributed by atoms with Crippen LogP contribution in [0.5, 0.6) is 0 Å². The van der Waals surface area contributed by atoms with Crippen LogP contribution in [0.4, 0.5) is 5.69 Å². The number of hydrogen-bond donors (Lipinski definition) is 1. The molecule has 0 aliphatic heterocycles. The number of amides is 1. The van der Waals surface area contributed by atoms with Crippen LogP contribution in [-0.4, -0.2) is 27.4 Å². The Morgan fingerprint density at radius 1 is 1.08 bits per heavy atom.